The smallest absolute Gasteiger partial charge is 0.271 e. The van der Waals surface area contributed by atoms with Crippen LogP contribution in [-0.2, 0) is 0 Å². The molecular weight excluding hydrogens is 370 g/mol. The number of anilines is 3. The zero-order valence-corrected chi connectivity index (χ0v) is 13.9. The van der Waals surface area contributed by atoms with Gasteiger partial charge in [0.2, 0.25) is 5.28 Å². The lowest BCUT2D eigenvalue weighted by molar-refractivity contribution is -0.384. The molecule has 0 saturated heterocycles. The molecule has 1 heterocycles. The molecule has 0 unspecified atom stereocenters. The van der Waals surface area contributed by atoms with Gasteiger partial charge >= 0.3 is 0 Å². The molecule has 0 bridgehead atoms. The van der Waals surface area contributed by atoms with Crippen molar-refractivity contribution in [3.63, 3.8) is 0 Å². The van der Waals surface area contributed by atoms with Gasteiger partial charge in [0.15, 0.2) is 5.82 Å². The second kappa shape index (κ2) is 7.00. The second-order valence-corrected chi connectivity index (χ2v) is 5.62. The molecule has 3 rings (SSSR count). The van der Waals surface area contributed by atoms with Crippen LogP contribution in [-0.4, -0.2) is 14.9 Å². The van der Waals surface area contributed by atoms with E-state index in [0.29, 0.717) is 5.69 Å². The average Bonchev–Trinajstić information content (AvgIpc) is 2.60. The van der Waals surface area contributed by atoms with Crippen LogP contribution in [0.1, 0.15) is 0 Å². The molecule has 0 saturated carbocycles. The van der Waals surface area contributed by atoms with Crippen molar-refractivity contribution in [1.29, 1.82) is 0 Å². The van der Waals surface area contributed by atoms with E-state index in [1.807, 2.05) is 0 Å². The van der Waals surface area contributed by atoms with E-state index in [1.54, 1.807) is 30.3 Å². The molecule has 0 radical (unpaired) electrons. The Morgan fingerprint density at radius 2 is 1.84 bits per heavy atom. The zero-order valence-electron chi connectivity index (χ0n) is 12.4. The maximum Gasteiger partial charge on any atom is 0.271 e. The maximum atomic E-state index is 14.5. The number of rotatable bonds is 4. The van der Waals surface area contributed by atoms with Crippen LogP contribution in [0.15, 0.2) is 54.7 Å². The molecule has 6 nitrogen and oxygen atoms in total. The zero-order chi connectivity index (χ0) is 18.0. The highest BCUT2D eigenvalue weighted by molar-refractivity contribution is 6.34. The normalized spacial score (nSPS) is 10.5. The van der Waals surface area contributed by atoms with Gasteiger partial charge < -0.3 is 0 Å². The van der Waals surface area contributed by atoms with Crippen LogP contribution in [0.25, 0.3) is 0 Å². The Labute approximate surface area is 151 Å². The van der Waals surface area contributed by atoms with Crippen LogP contribution in [0.4, 0.5) is 27.3 Å². The van der Waals surface area contributed by atoms with Crippen molar-refractivity contribution in [2.75, 3.05) is 4.90 Å². The molecule has 0 aliphatic rings. The van der Waals surface area contributed by atoms with Crippen molar-refractivity contribution in [1.82, 2.24) is 9.97 Å². The lowest BCUT2D eigenvalue weighted by Gasteiger charge is -2.25. The van der Waals surface area contributed by atoms with Gasteiger partial charge in [0.05, 0.1) is 16.8 Å². The van der Waals surface area contributed by atoms with E-state index in [0.717, 1.165) is 18.2 Å². The highest BCUT2D eigenvalue weighted by Gasteiger charge is 2.23. The van der Waals surface area contributed by atoms with E-state index >= 15 is 0 Å². The molecule has 0 aliphatic heterocycles. The van der Waals surface area contributed by atoms with Crippen LogP contribution in [0.3, 0.4) is 0 Å². The Bertz CT molecular complexity index is 941. The molecular formula is C16H9Cl2FN4O2. The number of hydrogen-bond acceptors (Lipinski definition) is 5. The number of halogens is 3. The third-order valence-corrected chi connectivity index (χ3v) is 3.75. The Morgan fingerprint density at radius 3 is 2.52 bits per heavy atom. The Balaban J connectivity index is 2.28. The van der Waals surface area contributed by atoms with E-state index in [9.17, 15) is 14.5 Å². The summed E-state index contributed by atoms with van der Waals surface area (Å²) in [6.45, 7) is 0. The summed E-state index contributed by atoms with van der Waals surface area (Å²) in [5, 5.41) is 11.1. The molecule has 25 heavy (non-hydrogen) atoms. The minimum absolute atomic E-state index is 0.0860. The first kappa shape index (κ1) is 17.1. The third kappa shape index (κ3) is 3.52. The van der Waals surface area contributed by atoms with Crippen LogP contribution in [0.5, 0.6) is 0 Å². The van der Waals surface area contributed by atoms with Gasteiger partial charge in [0.1, 0.15) is 10.8 Å². The Kier molecular flexibility index (Phi) is 4.78. The average molecular weight is 379 g/mol. The van der Waals surface area contributed by atoms with E-state index in [4.69, 9.17) is 23.2 Å². The number of para-hydroxylation sites is 1. The van der Waals surface area contributed by atoms with Gasteiger partial charge in [-0.05, 0) is 29.8 Å². The fourth-order valence-electron chi connectivity index (χ4n) is 2.23. The molecule has 3 aromatic rings. The predicted molar refractivity (Wildman–Crippen MR) is 93.3 cm³/mol. The van der Waals surface area contributed by atoms with E-state index < -0.39 is 10.7 Å². The van der Waals surface area contributed by atoms with Gasteiger partial charge in [0, 0.05) is 17.8 Å². The molecule has 1 aromatic heterocycles. The van der Waals surface area contributed by atoms with E-state index in [2.05, 4.69) is 9.97 Å². The first-order chi connectivity index (χ1) is 12.0. The predicted octanol–water partition coefficient (Wildman–Crippen LogP) is 5.30. The third-order valence-electron chi connectivity index (χ3n) is 3.30. The van der Waals surface area contributed by atoms with E-state index in [-0.39, 0.29) is 27.5 Å². The summed E-state index contributed by atoms with van der Waals surface area (Å²) in [4.78, 5) is 19.6. The van der Waals surface area contributed by atoms with Crippen molar-refractivity contribution in [3.05, 3.63) is 81.0 Å². The molecule has 126 valence electrons. The quantitative estimate of drug-likeness (QED) is 0.349. The van der Waals surface area contributed by atoms with Gasteiger partial charge in [-0.2, -0.15) is 4.98 Å². The minimum Gasteiger partial charge on any atom is -0.290 e. The molecule has 0 aliphatic carbocycles. The first-order valence-corrected chi connectivity index (χ1v) is 7.70. The van der Waals surface area contributed by atoms with Crippen molar-refractivity contribution < 1.29 is 9.31 Å². The molecule has 9 heteroatoms. The lowest BCUT2D eigenvalue weighted by Crippen LogP contribution is -2.14. The number of nitrogens with zero attached hydrogens (tertiary/aromatic N) is 4. The topological polar surface area (TPSA) is 72.2 Å². The summed E-state index contributed by atoms with van der Waals surface area (Å²) in [7, 11) is 0. The summed E-state index contributed by atoms with van der Waals surface area (Å²) in [5.41, 5.74) is 0.143. The van der Waals surface area contributed by atoms with Crippen molar-refractivity contribution in [2.45, 2.75) is 0 Å². The summed E-state index contributed by atoms with van der Waals surface area (Å²) in [6, 6.07) is 11.8. The van der Waals surface area contributed by atoms with Gasteiger partial charge in [-0.15, -0.1) is 0 Å². The van der Waals surface area contributed by atoms with Crippen LogP contribution >= 0.6 is 23.2 Å². The molecule has 0 atom stereocenters. The Hall–Kier alpha value is -2.77. The van der Waals surface area contributed by atoms with Gasteiger partial charge in [-0.25, -0.2) is 9.37 Å². The monoisotopic (exact) mass is 378 g/mol. The highest BCUT2D eigenvalue weighted by Crippen LogP contribution is 2.39. The Morgan fingerprint density at radius 1 is 1.12 bits per heavy atom. The number of nitro benzene ring substituents is 1. The number of nitro groups is 1. The lowest BCUT2D eigenvalue weighted by atomic mass is 10.2. The van der Waals surface area contributed by atoms with Gasteiger partial charge in [-0.1, -0.05) is 29.8 Å². The first-order valence-electron chi connectivity index (χ1n) is 6.94. The number of benzene rings is 2. The molecule has 0 N–H and O–H groups in total. The van der Waals surface area contributed by atoms with Crippen molar-refractivity contribution >= 4 is 46.1 Å². The van der Waals surface area contributed by atoms with Crippen LogP contribution in [0, 0.1) is 15.9 Å². The maximum absolute atomic E-state index is 14.5. The second-order valence-electron chi connectivity index (χ2n) is 4.87. The molecule has 0 amide bonds. The summed E-state index contributed by atoms with van der Waals surface area (Å²) in [6.07, 6.45) is 1.28. The van der Waals surface area contributed by atoms with Crippen molar-refractivity contribution in [3.8, 4) is 0 Å². The van der Waals surface area contributed by atoms with E-state index in [1.165, 1.54) is 11.1 Å². The summed E-state index contributed by atoms with van der Waals surface area (Å²) < 4.78 is 14.5. The standard InChI is InChI=1S/C16H9Cl2FN4O2/c17-12-9-20-16(18)21-15(12)22(10-4-2-1-3-5-10)14-8-11(23(24)25)6-7-13(14)19/h1-9H. The fourth-order valence-corrected chi connectivity index (χ4v) is 2.54. The minimum atomic E-state index is -0.680. The van der Waals surface area contributed by atoms with Gasteiger partial charge in [0.25, 0.3) is 5.69 Å². The van der Waals surface area contributed by atoms with Crippen molar-refractivity contribution in [2.24, 2.45) is 0 Å². The van der Waals surface area contributed by atoms with Crippen LogP contribution < -0.4 is 4.90 Å². The SMILES string of the molecule is O=[N+]([O-])c1ccc(F)c(N(c2ccccc2)c2nc(Cl)ncc2Cl)c1. The van der Waals surface area contributed by atoms with Crippen LogP contribution in [0.2, 0.25) is 10.3 Å². The van der Waals surface area contributed by atoms with Gasteiger partial charge in [-0.3, -0.25) is 15.0 Å². The number of hydrogen-bond donors (Lipinski definition) is 0. The summed E-state index contributed by atoms with van der Waals surface area (Å²) >= 11 is 12.0. The highest BCUT2D eigenvalue weighted by atomic mass is 35.5. The number of non-ortho nitro benzene ring substituents is 1. The largest absolute Gasteiger partial charge is 0.290 e. The summed E-state index contributed by atoms with van der Waals surface area (Å²) in [5.74, 6) is -0.576. The molecule has 0 fully saturated rings. The number of aromatic nitrogens is 2. The molecule has 2 aromatic carbocycles. The fraction of sp³-hybridized carbons (Fsp3) is 0. The molecule has 0 spiro atoms.